The third-order valence-corrected chi connectivity index (χ3v) is 3.85. The van der Waals surface area contributed by atoms with Gasteiger partial charge in [0.05, 0.1) is 0 Å². The Bertz CT molecular complexity index is 470. The molecule has 1 heterocycles. The molecule has 21 heavy (non-hydrogen) atoms. The number of halogens is 1. The van der Waals surface area contributed by atoms with Crippen molar-refractivity contribution in [3.05, 3.63) is 30.1 Å². The smallest absolute Gasteiger partial charge is 0.227 e. The number of amides is 1. The highest BCUT2D eigenvalue weighted by Crippen LogP contribution is 2.25. The van der Waals surface area contributed by atoms with E-state index in [4.69, 9.17) is 4.74 Å². The molecule has 0 spiro atoms. The Kier molecular flexibility index (Phi) is 5.74. The van der Waals surface area contributed by atoms with Gasteiger partial charge in [0, 0.05) is 31.4 Å². The van der Waals surface area contributed by atoms with Crippen LogP contribution in [-0.2, 0) is 9.53 Å². The lowest BCUT2D eigenvalue weighted by Gasteiger charge is -2.34. The molecule has 116 valence electrons. The molecule has 1 fully saturated rings. The van der Waals surface area contributed by atoms with E-state index in [-0.39, 0.29) is 17.8 Å². The zero-order chi connectivity index (χ0) is 15.2. The van der Waals surface area contributed by atoms with Gasteiger partial charge in [-0.2, -0.15) is 0 Å². The van der Waals surface area contributed by atoms with Crippen LogP contribution < -0.4 is 4.90 Å². The molecule has 3 nitrogen and oxygen atoms in total. The number of ether oxygens (including phenoxy) is 1. The van der Waals surface area contributed by atoms with Crippen LogP contribution in [-0.4, -0.2) is 25.2 Å². The summed E-state index contributed by atoms with van der Waals surface area (Å²) in [6.07, 6.45) is 2.98. The first-order chi connectivity index (χ1) is 10.1. The maximum absolute atomic E-state index is 13.5. The highest BCUT2D eigenvalue weighted by molar-refractivity contribution is 5.94. The molecule has 0 aliphatic carbocycles. The average molecular weight is 293 g/mol. The summed E-state index contributed by atoms with van der Waals surface area (Å²) in [7, 11) is 0. The lowest BCUT2D eigenvalue weighted by molar-refractivity contribution is -0.119. The van der Waals surface area contributed by atoms with Crippen molar-refractivity contribution in [2.24, 2.45) is 5.92 Å². The molecule has 0 unspecified atom stereocenters. The largest absolute Gasteiger partial charge is 0.381 e. The number of benzene rings is 1. The van der Waals surface area contributed by atoms with Gasteiger partial charge < -0.3 is 9.64 Å². The Morgan fingerprint density at radius 3 is 2.71 bits per heavy atom. The van der Waals surface area contributed by atoms with E-state index in [1.54, 1.807) is 11.0 Å². The van der Waals surface area contributed by atoms with Gasteiger partial charge in [-0.25, -0.2) is 4.39 Å². The van der Waals surface area contributed by atoms with Gasteiger partial charge in [0.15, 0.2) is 0 Å². The van der Waals surface area contributed by atoms with Crippen LogP contribution >= 0.6 is 0 Å². The van der Waals surface area contributed by atoms with Crippen molar-refractivity contribution in [1.29, 1.82) is 0 Å². The van der Waals surface area contributed by atoms with E-state index in [9.17, 15) is 9.18 Å². The maximum atomic E-state index is 13.5. The molecular weight excluding hydrogens is 269 g/mol. The second kappa shape index (κ2) is 7.55. The molecule has 0 aromatic heterocycles. The fourth-order valence-corrected chi connectivity index (χ4v) is 2.66. The molecule has 1 amide bonds. The van der Waals surface area contributed by atoms with E-state index in [2.05, 4.69) is 13.8 Å². The molecule has 1 saturated heterocycles. The molecule has 0 bridgehead atoms. The van der Waals surface area contributed by atoms with E-state index in [1.807, 2.05) is 6.07 Å². The van der Waals surface area contributed by atoms with Gasteiger partial charge in [-0.3, -0.25) is 4.79 Å². The molecule has 0 atom stereocenters. The molecule has 1 aliphatic rings. The third-order valence-electron chi connectivity index (χ3n) is 3.85. The summed E-state index contributed by atoms with van der Waals surface area (Å²) >= 11 is 0. The molecular formula is C17H24FNO2. The van der Waals surface area contributed by atoms with Crippen LogP contribution in [0.5, 0.6) is 0 Å². The van der Waals surface area contributed by atoms with E-state index in [0.717, 1.165) is 19.3 Å². The second-order valence-electron chi connectivity index (χ2n) is 6.02. The molecule has 0 N–H and O–H groups in total. The predicted molar refractivity (Wildman–Crippen MR) is 81.8 cm³/mol. The number of carbonyl (C=O) groups excluding carboxylic acids is 1. The van der Waals surface area contributed by atoms with Gasteiger partial charge >= 0.3 is 0 Å². The number of hydrogen-bond acceptors (Lipinski definition) is 2. The zero-order valence-corrected chi connectivity index (χ0v) is 12.8. The van der Waals surface area contributed by atoms with Crippen LogP contribution in [0.2, 0.25) is 0 Å². The Labute approximate surface area is 126 Å². The lowest BCUT2D eigenvalue weighted by atomic mass is 10.0. The summed E-state index contributed by atoms with van der Waals surface area (Å²) in [6, 6.07) is 6.44. The van der Waals surface area contributed by atoms with Crippen LogP contribution in [0.25, 0.3) is 0 Å². The first-order valence-corrected chi connectivity index (χ1v) is 7.73. The summed E-state index contributed by atoms with van der Waals surface area (Å²) < 4.78 is 18.9. The van der Waals surface area contributed by atoms with E-state index >= 15 is 0 Å². The van der Waals surface area contributed by atoms with Crippen molar-refractivity contribution >= 4 is 11.6 Å². The number of carbonyl (C=O) groups is 1. The fourth-order valence-electron chi connectivity index (χ4n) is 2.66. The van der Waals surface area contributed by atoms with Crippen molar-refractivity contribution in [1.82, 2.24) is 0 Å². The Morgan fingerprint density at radius 2 is 2.10 bits per heavy atom. The highest BCUT2D eigenvalue weighted by Gasteiger charge is 2.27. The van der Waals surface area contributed by atoms with Crippen LogP contribution in [0.1, 0.15) is 39.5 Å². The summed E-state index contributed by atoms with van der Waals surface area (Å²) in [5.41, 5.74) is 0.663. The monoisotopic (exact) mass is 293 g/mol. The molecule has 1 aromatic carbocycles. The second-order valence-corrected chi connectivity index (χ2v) is 6.02. The number of anilines is 1. The van der Waals surface area contributed by atoms with Crippen molar-refractivity contribution in [2.75, 3.05) is 18.1 Å². The van der Waals surface area contributed by atoms with E-state index in [0.29, 0.717) is 31.2 Å². The Hall–Kier alpha value is -1.42. The van der Waals surface area contributed by atoms with Crippen LogP contribution in [0.4, 0.5) is 10.1 Å². The SMILES string of the molecule is CC(C)CCC(=O)N(c1cccc(F)c1)C1CCOCC1. The molecule has 0 saturated carbocycles. The quantitative estimate of drug-likeness (QED) is 0.827. The first-order valence-electron chi connectivity index (χ1n) is 7.73. The molecule has 2 rings (SSSR count). The number of nitrogens with zero attached hydrogens (tertiary/aromatic N) is 1. The van der Waals surface area contributed by atoms with Crippen LogP contribution in [0.3, 0.4) is 0 Å². The Balaban J connectivity index is 2.18. The average Bonchev–Trinajstić information content (AvgIpc) is 2.46. The van der Waals surface area contributed by atoms with Crippen molar-refractivity contribution in [2.45, 2.75) is 45.6 Å². The summed E-state index contributed by atoms with van der Waals surface area (Å²) in [5.74, 6) is 0.264. The van der Waals surface area contributed by atoms with Gasteiger partial charge in [-0.1, -0.05) is 19.9 Å². The van der Waals surface area contributed by atoms with Crippen molar-refractivity contribution in [3.63, 3.8) is 0 Å². The molecule has 4 heteroatoms. The molecule has 1 aliphatic heterocycles. The van der Waals surface area contributed by atoms with Crippen molar-refractivity contribution in [3.8, 4) is 0 Å². The summed E-state index contributed by atoms with van der Waals surface area (Å²) in [5, 5.41) is 0. The topological polar surface area (TPSA) is 29.5 Å². The van der Waals surface area contributed by atoms with Gasteiger partial charge in [0.1, 0.15) is 5.82 Å². The maximum Gasteiger partial charge on any atom is 0.227 e. The number of hydrogen-bond donors (Lipinski definition) is 0. The summed E-state index contributed by atoms with van der Waals surface area (Å²) in [4.78, 5) is 14.4. The number of rotatable bonds is 5. The van der Waals surface area contributed by atoms with E-state index < -0.39 is 0 Å². The lowest BCUT2D eigenvalue weighted by Crippen LogP contribution is -2.43. The molecule has 0 radical (unpaired) electrons. The normalized spacial score (nSPS) is 16.2. The van der Waals surface area contributed by atoms with Crippen LogP contribution in [0.15, 0.2) is 24.3 Å². The van der Waals surface area contributed by atoms with E-state index in [1.165, 1.54) is 12.1 Å². The minimum Gasteiger partial charge on any atom is -0.381 e. The standard InChI is InChI=1S/C17H24FNO2/c1-13(2)6-7-17(20)19(15-8-10-21-11-9-15)16-5-3-4-14(18)12-16/h3-5,12-13,15H,6-11H2,1-2H3. The van der Waals surface area contributed by atoms with Gasteiger partial charge in [0.25, 0.3) is 0 Å². The van der Waals surface area contributed by atoms with Crippen molar-refractivity contribution < 1.29 is 13.9 Å². The fraction of sp³-hybridized carbons (Fsp3) is 0.588. The minimum atomic E-state index is -0.304. The molecule has 1 aromatic rings. The Morgan fingerprint density at radius 1 is 1.38 bits per heavy atom. The predicted octanol–water partition coefficient (Wildman–Crippen LogP) is 3.77. The zero-order valence-electron chi connectivity index (χ0n) is 12.8. The van der Waals surface area contributed by atoms with Gasteiger partial charge in [0.2, 0.25) is 5.91 Å². The highest BCUT2D eigenvalue weighted by atomic mass is 19.1. The third kappa shape index (κ3) is 4.53. The van der Waals surface area contributed by atoms with Gasteiger partial charge in [-0.05, 0) is 43.4 Å². The summed E-state index contributed by atoms with van der Waals surface area (Å²) in [6.45, 7) is 5.53. The van der Waals surface area contributed by atoms with Gasteiger partial charge in [-0.15, -0.1) is 0 Å². The first kappa shape index (κ1) is 16.0. The van der Waals surface area contributed by atoms with Crippen LogP contribution in [0, 0.1) is 11.7 Å². The minimum absolute atomic E-state index is 0.0844.